The summed E-state index contributed by atoms with van der Waals surface area (Å²) in [7, 11) is 0. The molecule has 0 saturated heterocycles. The number of carbonyl (C=O) groups excluding carboxylic acids is 1. The molecule has 0 aliphatic carbocycles. The number of rotatable bonds is 6. The van der Waals surface area contributed by atoms with Crippen LogP contribution in [0, 0.1) is 12.7 Å². The number of anilines is 1. The predicted molar refractivity (Wildman–Crippen MR) is 120 cm³/mol. The lowest BCUT2D eigenvalue weighted by atomic mass is 10.1. The van der Waals surface area contributed by atoms with E-state index in [0.29, 0.717) is 22.2 Å². The van der Waals surface area contributed by atoms with Crippen LogP contribution in [-0.2, 0) is 4.79 Å². The van der Waals surface area contributed by atoms with Crippen LogP contribution in [0.25, 0.3) is 11.4 Å². The summed E-state index contributed by atoms with van der Waals surface area (Å²) in [5, 5.41) is 11.0. The number of hydrogen-bond acceptors (Lipinski definition) is 5. The molecule has 6 nitrogen and oxygen atoms in total. The van der Waals surface area contributed by atoms with Crippen molar-refractivity contribution in [3.05, 3.63) is 95.8 Å². The molecular formula is C23H20FN5OS. The Kier molecular flexibility index (Phi) is 5.99. The third-order valence-corrected chi connectivity index (χ3v) is 5.86. The first-order valence-electron chi connectivity index (χ1n) is 9.57. The van der Waals surface area contributed by atoms with E-state index in [4.69, 9.17) is 5.84 Å². The normalized spacial score (nSPS) is 11.8. The first-order valence-corrected chi connectivity index (χ1v) is 10.4. The van der Waals surface area contributed by atoms with Crippen molar-refractivity contribution in [2.75, 3.05) is 11.2 Å². The maximum absolute atomic E-state index is 13.2. The molecule has 0 aliphatic rings. The highest BCUT2D eigenvalue weighted by Gasteiger charge is 2.25. The van der Waals surface area contributed by atoms with Crippen molar-refractivity contribution in [1.82, 2.24) is 14.9 Å². The van der Waals surface area contributed by atoms with Gasteiger partial charge in [-0.05, 0) is 48.9 Å². The van der Waals surface area contributed by atoms with Gasteiger partial charge in [-0.2, -0.15) is 0 Å². The first kappa shape index (κ1) is 20.6. The van der Waals surface area contributed by atoms with Crippen molar-refractivity contribution >= 4 is 23.4 Å². The molecule has 1 amide bonds. The molecule has 0 aliphatic heterocycles. The van der Waals surface area contributed by atoms with E-state index in [1.807, 2.05) is 61.5 Å². The summed E-state index contributed by atoms with van der Waals surface area (Å²) in [6.45, 7) is 1.99. The van der Waals surface area contributed by atoms with Gasteiger partial charge in [-0.15, -0.1) is 10.2 Å². The quantitative estimate of drug-likeness (QED) is 0.343. The van der Waals surface area contributed by atoms with Crippen LogP contribution in [0.4, 0.5) is 10.1 Å². The SMILES string of the molecule is Cc1ccc(NC(=O)C(Sc2nnc(-c3ccc(F)cc3)n2N)c2ccccc2)cc1. The van der Waals surface area contributed by atoms with Crippen molar-refractivity contribution in [2.24, 2.45) is 0 Å². The van der Waals surface area contributed by atoms with Crippen molar-refractivity contribution in [1.29, 1.82) is 0 Å². The van der Waals surface area contributed by atoms with E-state index in [1.54, 1.807) is 12.1 Å². The second kappa shape index (κ2) is 9.01. The summed E-state index contributed by atoms with van der Waals surface area (Å²) in [6.07, 6.45) is 0. The molecule has 4 rings (SSSR count). The minimum Gasteiger partial charge on any atom is -0.335 e. The average molecular weight is 434 g/mol. The standard InChI is InChI=1S/C23H20FN5OS/c1-15-7-13-19(14-8-15)26-22(30)20(16-5-3-2-4-6-16)31-23-28-27-21(29(23)25)17-9-11-18(24)12-10-17/h2-14,20H,25H2,1H3,(H,26,30). The zero-order valence-electron chi connectivity index (χ0n) is 16.7. The largest absolute Gasteiger partial charge is 0.335 e. The number of benzene rings is 3. The molecule has 0 bridgehead atoms. The number of aryl methyl sites for hydroxylation is 1. The number of aromatic nitrogens is 3. The van der Waals surface area contributed by atoms with Crippen LogP contribution < -0.4 is 11.2 Å². The Balaban J connectivity index is 1.62. The lowest BCUT2D eigenvalue weighted by Gasteiger charge is -2.16. The van der Waals surface area contributed by atoms with Gasteiger partial charge in [-0.1, -0.05) is 59.8 Å². The van der Waals surface area contributed by atoms with Gasteiger partial charge in [-0.3, -0.25) is 4.79 Å². The molecule has 1 aromatic heterocycles. The Morgan fingerprint density at radius 3 is 2.35 bits per heavy atom. The molecule has 0 spiro atoms. The van der Waals surface area contributed by atoms with Gasteiger partial charge in [0.25, 0.3) is 0 Å². The van der Waals surface area contributed by atoms with E-state index in [1.165, 1.54) is 28.6 Å². The van der Waals surface area contributed by atoms with Crippen molar-refractivity contribution in [3.63, 3.8) is 0 Å². The lowest BCUT2D eigenvalue weighted by Crippen LogP contribution is -2.20. The number of nitrogens with zero attached hydrogens (tertiary/aromatic N) is 3. The van der Waals surface area contributed by atoms with E-state index in [-0.39, 0.29) is 11.7 Å². The fraction of sp³-hybridized carbons (Fsp3) is 0.0870. The molecule has 31 heavy (non-hydrogen) atoms. The molecule has 4 aromatic rings. The van der Waals surface area contributed by atoms with Crippen LogP contribution in [0.3, 0.4) is 0 Å². The van der Waals surface area contributed by atoms with Crippen LogP contribution in [0.5, 0.6) is 0 Å². The smallest absolute Gasteiger partial charge is 0.242 e. The van der Waals surface area contributed by atoms with E-state index < -0.39 is 5.25 Å². The maximum Gasteiger partial charge on any atom is 0.242 e. The molecular weight excluding hydrogens is 413 g/mol. The lowest BCUT2D eigenvalue weighted by molar-refractivity contribution is -0.115. The Morgan fingerprint density at radius 1 is 1.00 bits per heavy atom. The van der Waals surface area contributed by atoms with Gasteiger partial charge in [0.1, 0.15) is 11.1 Å². The fourth-order valence-electron chi connectivity index (χ4n) is 3.00. The Labute approximate surface area is 183 Å². The van der Waals surface area contributed by atoms with Gasteiger partial charge < -0.3 is 11.2 Å². The van der Waals surface area contributed by atoms with E-state index >= 15 is 0 Å². The number of nitrogens with two attached hydrogens (primary N) is 1. The molecule has 1 atom stereocenters. The zero-order valence-corrected chi connectivity index (χ0v) is 17.5. The van der Waals surface area contributed by atoms with Crippen molar-refractivity contribution in [2.45, 2.75) is 17.3 Å². The Hall–Kier alpha value is -3.65. The van der Waals surface area contributed by atoms with E-state index in [0.717, 1.165) is 11.1 Å². The third kappa shape index (κ3) is 4.75. The minimum absolute atomic E-state index is 0.202. The van der Waals surface area contributed by atoms with Gasteiger partial charge in [0.15, 0.2) is 5.82 Å². The average Bonchev–Trinajstić information content (AvgIpc) is 3.15. The molecule has 0 saturated carbocycles. The van der Waals surface area contributed by atoms with Crippen LogP contribution in [0.15, 0.2) is 84.0 Å². The van der Waals surface area contributed by atoms with Crippen LogP contribution in [0.1, 0.15) is 16.4 Å². The Bertz CT molecular complexity index is 1180. The number of nitrogen functional groups attached to an aromatic ring is 1. The fourth-order valence-corrected chi connectivity index (χ4v) is 3.96. The zero-order chi connectivity index (χ0) is 21.8. The molecule has 3 aromatic carbocycles. The predicted octanol–water partition coefficient (Wildman–Crippen LogP) is 4.58. The third-order valence-electron chi connectivity index (χ3n) is 4.65. The minimum atomic E-state index is -0.602. The highest BCUT2D eigenvalue weighted by molar-refractivity contribution is 8.00. The monoisotopic (exact) mass is 433 g/mol. The van der Waals surface area contributed by atoms with Crippen molar-refractivity contribution in [3.8, 4) is 11.4 Å². The number of thioether (sulfide) groups is 1. The van der Waals surface area contributed by atoms with Gasteiger partial charge in [0.05, 0.1) is 0 Å². The summed E-state index contributed by atoms with van der Waals surface area (Å²) >= 11 is 1.20. The number of nitrogens with one attached hydrogen (secondary N) is 1. The topological polar surface area (TPSA) is 85.8 Å². The molecule has 1 heterocycles. The molecule has 156 valence electrons. The van der Waals surface area contributed by atoms with Crippen LogP contribution >= 0.6 is 11.8 Å². The van der Waals surface area contributed by atoms with Crippen LogP contribution in [-0.4, -0.2) is 20.8 Å². The molecule has 8 heteroatoms. The highest BCUT2D eigenvalue weighted by atomic mass is 32.2. The second-order valence-electron chi connectivity index (χ2n) is 6.95. The van der Waals surface area contributed by atoms with Gasteiger partial charge >= 0.3 is 0 Å². The first-order chi connectivity index (χ1) is 15.0. The maximum atomic E-state index is 13.2. The van der Waals surface area contributed by atoms with Gasteiger partial charge in [0, 0.05) is 11.3 Å². The number of hydrogen-bond donors (Lipinski definition) is 2. The summed E-state index contributed by atoms with van der Waals surface area (Å²) < 4.78 is 14.5. The van der Waals surface area contributed by atoms with Gasteiger partial charge in [-0.25, -0.2) is 9.07 Å². The molecule has 1 unspecified atom stereocenters. The number of amides is 1. The van der Waals surface area contributed by atoms with Crippen molar-refractivity contribution < 1.29 is 9.18 Å². The summed E-state index contributed by atoms with van der Waals surface area (Å²) in [5.41, 5.74) is 3.25. The van der Waals surface area contributed by atoms with E-state index in [9.17, 15) is 9.18 Å². The van der Waals surface area contributed by atoms with Gasteiger partial charge in [0.2, 0.25) is 11.1 Å². The number of halogens is 1. The van der Waals surface area contributed by atoms with Crippen LogP contribution in [0.2, 0.25) is 0 Å². The Morgan fingerprint density at radius 2 is 1.68 bits per heavy atom. The summed E-state index contributed by atoms with van der Waals surface area (Å²) in [6, 6.07) is 22.8. The summed E-state index contributed by atoms with van der Waals surface area (Å²) in [5.74, 6) is 6.05. The summed E-state index contributed by atoms with van der Waals surface area (Å²) in [4.78, 5) is 13.2. The molecule has 3 N–H and O–H groups in total. The highest BCUT2D eigenvalue weighted by Crippen LogP contribution is 2.36. The van der Waals surface area contributed by atoms with E-state index in [2.05, 4.69) is 15.5 Å². The molecule has 0 radical (unpaired) electrons. The number of carbonyl (C=O) groups is 1. The second-order valence-corrected chi connectivity index (χ2v) is 8.02. The molecule has 0 fully saturated rings.